The van der Waals surface area contributed by atoms with Crippen LogP contribution in [0.25, 0.3) is 11.3 Å². The molecule has 0 bridgehead atoms. The predicted molar refractivity (Wildman–Crippen MR) is 92.3 cm³/mol. The molecule has 0 fully saturated rings. The van der Waals surface area contributed by atoms with Gasteiger partial charge >= 0.3 is 5.69 Å². The zero-order valence-corrected chi connectivity index (χ0v) is 13.2. The van der Waals surface area contributed by atoms with Crippen LogP contribution in [-0.2, 0) is 7.05 Å². The fourth-order valence-corrected chi connectivity index (χ4v) is 2.16. The minimum Gasteiger partial charge on any atom is -0.292 e. The van der Waals surface area contributed by atoms with Crippen LogP contribution in [0.3, 0.4) is 0 Å². The van der Waals surface area contributed by atoms with Gasteiger partial charge in [0, 0.05) is 31.3 Å². The van der Waals surface area contributed by atoms with E-state index in [4.69, 9.17) is 0 Å². The molecule has 8 nitrogen and oxygen atoms in total. The van der Waals surface area contributed by atoms with Crippen molar-refractivity contribution in [2.24, 2.45) is 12.1 Å². The zero-order valence-electron chi connectivity index (χ0n) is 13.2. The summed E-state index contributed by atoms with van der Waals surface area (Å²) in [6.07, 6.45) is 3.27. The molecule has 0 saturated carbocycles. The van der Waals surface area contributed by atoms with Gasteiger partial charge in [0.1, 0.15) is 5.82 Å². The molecule has 0 amide bonds. The first kappa shape index (κ1) is 15.5. The lowest BCUT2D eigenvalue weighted by atomic mass is 10.1. The van der Waals surface area contributed by atoms with Crippen molar-refractivity contribution in [1.29, 1.82) is 0 Å². The van der Waals surface area contributed by atoms with Gasteiger partial charge in [-0.2, -0.15) is 10.2 Å². The predicted octanol–water partition coefficient (Wildman–Crippen LogP) is 0.934. The van der Waals surface area contributed by atoms with Gasteiger partial charge in [-0.25, -0.2) is 4.79 Å². The molecule has 2 N–H and O–H groups in total. The standard InChI is InChI=1S/C16H16N6O2/c1-21-14(23)8-13(19-16(21)24)22(2)18-10-12-9-17-20-15(12)11-6-4-3-5-7-11/h3-10H,1-2H3,(H,17,20)(H,19,24)/b18-10+. The molecule has 0 radical (unpaired) electrons. The van der Waals surface area contributed by atoms with Gasteiger partial charge in [-0.1, -0.05) is 30.3 Å². The number of aromatic nitrogens is 4. The van der Waals surface area contributed by atoms with Gasteiger partial charge in [0.2, 0.25) is 0 Å². The zero-order chi connectivity index (χ0) is 17.1. The van der Waals surface area contributed by atoms with Crippen molar-refractivity contribution in [2.45, 2.75) is 0 Å². The maximum absolute atomic E-state index is 11.7. The molecule has 0 aliphatic rings. The molecule has 2 heterocycles. The van der Waals surface area contributed by atoms with E-state index in [9.17, 15) is 9.59 Å². The lowest BCUT2D eigenvalue weighted by Crippen LogP contribution is -2.33. The first-order valence-electron chi connectivity index (χ1n) is 7.23. The number of rotatable bonds is 4. The van der Waals surface area contributed by atoms with Crippen LogP contribution in [0.15, 0.2) is 57.3 Å². The Hall–Kier alpha value is -3.42. The molecule has 3 aromatic rings. The number of hydrogen-bond donors (Lipinski definition) is 2. The van der Waals surface area contributed by atoms with Gasteiger partial charge in [0.15, 0.2) is 0 Å². The van der Waals surface area contributed by atoms with Crippen LogP contribution in [0.5, 0.6) is 0 Å². The third kappa shape index (κ3) is 3.02. The highest BCUT2D eigenvalue weighted by molar-refractivity contribution is 5.88. The molecular formula is C16H16N6O2. The van der Waals surface area contributed by atoms with Crippen molar-refractivity contribution in [3.63, 3.8) is 0 Å². The molecule has 8 heteroatoms. The molecule has 3 rings (SSSR count). The normalized spacial score (nSPS) is 11.1. The van der Waals surface area contributed by atoms with Crippen LogP contribution >= 0.6 is 0 Å². The van der Waals surface area contributed by atoms with E-state index in [1.165, 1.54) is 18.1 Å². The van der Waals surface area contributed by atoms with Gasteiger partial charge in [-0.3, -0.25) is 24.5 Å². The Labute approximate surface area is 137 Å². The minimum absolute atomic E-state index is 0.309. The van der Waals surface area contributed by atoms with Gasteiger partial charge < -0.3 is 0 Å². The summed E-state index contributed by atoms with van der Waals surface area (Å²) >= 11 is 0. The number of nitrogens with zero attached hydrogens (tertiary/aromatic N) is 4. The Morgan fingerprint density at radius 2 is 2.00 bits per heavy atom. The second-order valence-electron chi connectivity index (χ2n) is 5.19. The molecule has 2 aromatic heterocycles. The Balaban J connectivity index is 1.88. The number of hydrogen-bond acceptors (Lipinski definition) is 5. The summed E-state index contributed by atoms with van der Waals surface area (Å²) in [5.41, 5.74) is 1.72. The fourth-order valence-electron chi connectivity index (χ4n) is 2.16. The molecular weight excluding hydrogens is 308 g/mol. The van der Waals surface area contributed by atoms with E-state index in [-0.39, 0.29) is 0 Å². The highest BCUT2D eigenvalue weighted by atomic mass is 16.2. The summed E-state index contributed by atoms with van der Waals surface area (Å²) in [4.78, 5) is 25.9. The topological polar surface area (TPSA) is 99.1 Å². The lowest BCUT2D eigenvalue weighted by Gasteiger charge is -2.12. The Morgan fingerprint density at radius 1 is 1.25 bits per heavy atom. The highest BCUT2D eigenvalue weighted by Crippen LogP contribution is 2.19. The summed E-state index contributed by atoms with van der Waals surface area (Å²) in [7, 11) is 3.05. The van der Waals surface area contributed by atoms with Gasteiger partial charge in [-0.15, -0.1) is 0 Å². The summed E-state index contributed by atoms with van der Waals surface area (Å²) < 4.78 is 0.991. The number of nitrogens with one attached hydrogen (secondary N) is 2. The Morgan fingerprint density at radius 3 is 2.71 bits per heavy atom. The summed E-state index contributed by atoms with van der Waals surface area (Å²) in [5, 5.41) is 12.7. The quantitative estimate of drug-likeness (QED) is 0.551. The molecule has 24 heavy (non-hydrogen) atoms. The van der Waals surface area contributed by atoms with Crippen LogP contribution in [0, 0.1) is 0 Å². The molecule has 0 aliphatic heterocycles. The lowest BCUT2D eigenvalue weighted by molar-refractivity contribution is 0.766. The van der Waals surface area contributed by atoms with Crippen LogP contribution in [0.2, 0.25) is 0 Å². The fraction of sp³-hybridized carbons (Fsp3) is 0.125. The highest BCUT2D eigenvalue weighted by Gasteiger charge is 2.07. The van der Waals surface area contributed by atoms with Crippen LogP contribution < -0.4 is 16.3 Å². The minimum atomic E-state index is -0.493. The average molecular weight is 324 g/mol. The summed E-state index contributed by atoms with van der Waals surface area (Å²) in [6.45, 7) is 0. The van der Waals surface area contributed by atoms with E-state index in [1.807, 2.05) is 30.3 Å². The van der Waals surface area contributed by atoms with E-state index >= 15 is 0 Å². The monoisotopic (exact) mass is 324 g/mol. The summed E-state index contributed by atoms with van der Waals surface area (Å²) in [6, 6.07) is 11.1. The maximum Gasteiger partial charge on any atom is 0.329 e. The maximum atomic E-state index is 11.7. The van der Waals surface area contributed by atoms with E-state index in [0.717, 1.165) is 21.4 Å². The first-order chi connectivity index (χ1) is 11.6. The molecule has 1 aromatic carbocycles. The molecule has 0 aliphatic carbocycles. The van der Waals surface area contributed by atoms with Crippen LogP contribution in [-0.4, -0.2) is 33.0 Å². The Kier molecular flexibility index (Phi) is 4.11. The number of H-pyrrole nitrogens is 2. The number of benzene rings is 1. The molecule has 0 atom stereocenters. The molecule has 0 saturated heterocycles. The number of hydrazone groups is 1. The third-order valence-electron chi connectivity index (χ3n) is 3.58. The Bertz CT molecular complexity index is 952. The van der Waals surface area contributed by atoms with Crippen molar-refractivity contribution >= 4 is 12.0 Å². The van der Waals surface area contributed by atoms with Crippen molar-refractivity contribution in [1.82, 2.24) is 19.7 Å². The van der Waals surface area contributed by atoms with Crippen LogP contribution in [0.1, 0.15) is 5.56 Å². The second kappa shape index (κ2) is 6.37. The number of aromatic amines is 2. The van der Waals surface area contributed by atoms with Crippen LogP contribution in [0.4, 0.5) is 5.82 Å². The molecule has 0 spiro atoms. The number of anilines is 1. The van der Waals surface area contributed by atoms with Gasteiger partial charge in [0.05, 0.1) is 18.1 Å². The van der Waals surface area contributed by atoms with Crippen molar-refractivity contribution in [3.8, 4) is 11.3 Å². The van der Waals surface area contributed by atoms with Crippen molar-refractivity contribution in [3.05, 3.63) is 69.0 Å². The smallest absolute Gasteiger partial charge is 0.292 e. The SMILES string of the molecule is CN(/N=C/c1cn[nH]c1-c1ccccc1)c1cc(=O)n(C)c(=O)[nH]1. The average Bonchev–Trinajstić information content (AvgIpc) is 3.06. The summed E-state index contributed by atoms with van der Waals surface area (Å²) in [5.74, 6) is 0.309. The van der Waals surface area contributed by atoms with E-state index in [2.05, 4.69) is 20.3 Å². The van der Waals surface area contributed by atoms with Gasteiger partial charge in [0.25, 0.3) is 5.56 Å². The van der Waals surface area contributed by atoms with E-state index < -0.39 is 11.2 Å². The largest absolute Gasteiger partial charge is 0.329 e. The van der Waals surface area contributed by atoms with Gasteiger partial charge in [-0.05, 0) is 0 Å². The van der Waals surface area contributed by atoms with E-state index in [1.54, 1.807) is 19.5 Å². The van der Waals surface area contributed by atoms with E-state index in [0.29, 0.717) is 5.82 Å². The first-order valence-corrected chi connectivity index (χ1v) is 7.23. The van der Waals surface area contributed by atoms with Crippen molar-refractivity contribution < 1.29 is 0 Å². The second-order valence-corrected chi connectivity index (χ2v) is 5.19. The third-order valence-corrected chi connectivity index (χ3v) is 3.58. The molecule has 0 unspecified atom stereocenters. The molecule has 122 valence electrons. The van der Waals surface area contributed by atoms with Crippen molar-refractivity contribution in [2.75, 3.05) is 12.1 Å².